The van der Waals surface area contributed by atoms with Crippen LogP contribution in [-0.4, -0.2) is 36.7 Å². The van der Waals surface area contributed by atoms with Gasteiger partial charge in [-0.2, -0.15) is 0 Å². The van der Waals surface area contributed by atoms with E-state index in [1.807, 2.05) is 0 Å². The number of amides is 1. The fraction of sp³-hybridized carbons (Fsp3) is 0.429. The fourth-order valence-corrected chi connectivity index (χ4v) is 1.82. The van der Waals surface area contributed by atoms with E-state index in [2.05, 4.69) is 5.32 Å². The number of nitrogens with one attached hydrogen (secondary N) is 1. The summed E-state index contributed by atoms with van der Waals surface area (Å²) >= 11 is 5.97. The van der Waals surface area contributed by atoms with Crippen molar-refractivity contribution in [3.05, 3.63) is 23.2 Å². The van der Waals surface area contributed by atoms with Crippen molar-refractivity contribution in [3.8, 4) is 11.5 Å². The second kappa shape index (κ2) is 7.73. The maximum Gasteiger partial charge on any atom is 0.326 e. The lowest BCUT2D eigenvalue weighted by atomic mass is 10.1. The van der Waals surface area contributed by atoms with Gasteiger partial charge in [-0.25, -0.2) is 4.79 Å². The van der Waals surface area contributed by atoms with Gasteiger partial charge in [0.25, 0.3) is 5.91 Å². The molecule has 0 saturated heterocycles. The highest BCUT2D eigenvalue weighted by atomic mass is 35.5. The summed E-state index contributed by atoms with van der Waals surface area (Å²) in [6, 6.07) is 3.83. The number of hydrogen-bond donors (Lipinski definition) is 2. The zero-order chi connectivity index (χ0) is 16.0. The van der Waals surface area contributed by atoms with Crippen LogP contribution in [0.4, 0.5) is 0 Å². The molecule has 0 bridgehead atoms. The number of halogens is 1. The van der Waals surface area contributed by atoms with Crippen LogP contribution in [0, 0.1) is 5.92 Å². The van der Waals surface area contributed by atoms with Gasteiger partial charge in [0.15, 0.2) is 6.61 Å². The Morgan fingerprint density at radius 1 is 1.38 bits per heavy atom. The summed E-state index contributed by atoms with van der Waals surface area (Å²) in [6.07, 6.45) is 0. The highest BCUT2D eigenvalue weighted by molar-refractivity contribution is 6.32. The van der Waals surface area contributed by atoms with E-state index < -0.39 is 17.9 Å². The number of ether oxygens (including phenoxy) is 2. The van der Waals surface area contributed by atoms with E-state index in [0.29, 0.717) is 16.5 Å². The lowest BCUT2D eigenvalue weighted by Crippen LogP contribution is -2.46. The Hall–Kier alpha value is -1.95. The monoisotopic (exact) mass is 315 g/mol. The zero-order valence-electron chi connectivity index (χ0n) is 12.1. The molecule has 1 rings (SSSR count). The summed E-state index contributed by atoms with van der Waals surface area (Å²) in [6.45, 7) is 3.10. The van der Waals surface area contributed by atoms with E-state index in [1.54, 1.807) is 32.0 Å². The van der Waals surface area contributed by atoms with E-state index in [-0.39, 0.29) is 12.5 Å². The van der Waals surface area contributed by atoms with Gasteiger partial charge in [-0.1, -0.05) is 25.4 Å². The van der Waals surface area contributed by atoms with Gasteiger partial charge in [-0.05, 0) is 18.1 Å². The first-order chi connectivity index (χ1) is 9.85. The molecular formula is C14H18ClNO5. The van der Waals surface area contributed by atoms with Crippen LogP contribution in [0.15, 0.2) is 18.2 Å². The molecule has 0 heterocycles. The smallest absolute Gasteiger partial charge is 0.326 e. The second-order valence-electron chi connectivity index (χ2n) is 4.71. The number of carbonyl (C=O) groups is 2. The predicted molar refractivity (Wildman–Crippen MR) is 77.9 cm³/mol. The topological polar surface area (TPSA) is 84.9 Å². The average Bonchev–Trinajstić information content (AvgIpc) is 2.42. The third-order valence-electron chi connectivity index (χ3n) is 2.75. The molecule has 1 atom stereocenters. The van der Waals surface area contributed by atoms with Crippen LogP contribution in [0.25, 0.3) is 0 Å². The summed E-state index contributed by atoms with van der Waals surface area (Å²) in [5.41, 5.74) is 0. The first-order valence-corrected chi connectivity index (χ1v) is 6.71. The van der Waals surface area contributed by atoms with Crippen molar-refractivity contribution in [1.29, 1.82) is 0 Å². The molecular weight excluding hydrogens is 298 g/mol. The van der Waals surface area contributed by atoms with Crippen molar-refractivity contribution in [2.24, 2.45) is 5.92 Å². The summed E-state index contributed by atoms with van der Waals surface area (Å²) in [4.78, 5) is 22.7. The van der Waals surface area contributed by atoms with Crippen molar-refractivity contribution in [2.45, 2.75) is 19.9 Å². The summed E-state index contributed by atoms with van der Waals surface area (Å²) in [5.74, 6) is -0.938. The van der Waals surface area contributed by atoms with Crippen molar-refractivity contribution in [1.82, 2.24) is 5.32 Å². The number of carboxylic acids is 1. The molecule has 2 N–H and O–H groups in total. The molecule has 7 heteroatoms. The number of carbonyl (C=O) groups excluding carboxylic acids is 1. The molecule has 1 unspecified atom stereocenters. The van der Waals surface area contributed by atoms with Crippen molar-refractivity contribution in [2.75, 3.05) is 13.7 Å². The van der Waals surface area contributed by atoms with Crippen LogP contribution < -0.4 is 14.8 Å². The average molecular weight is 316 g/mol. The minimum absolute atomic E-state index is 0.226. The quantitative estimate of drug-likeness (QED) is 0.803. The van der Waals surface area contributed by atoms with E-state index in [4.69, 9.17) is 26.2 Å². The Bertz CT molecular complexity index is 518. The molecule has 1 aromatic carbocycles. The molecule has 0 aliphatic heterocycles. The third kappa shape index (κ3) is 5.15. The molecule has 1 amide bonds. The number of benzene rings is 1. The van der Waals surface area contributed by atoms with Gasteiger partial charge in [0.2, 0.25) is 0 Å². The molecule has 0 spiro atoms. The number of hydrogen-bond acceptors (Lipinski definition) is 4. The minimum Gasteiger partial charge on any atom is -0.497 e. The van der Waals surface area contributed by atoms with Gasteiger partial charge >= 0.3 is 5.97 Å². The molecule has 6 nitrogen and oxygen atoms in total. The maximum atomic E-state index is 11.7. The first kappa shape index (κ1) is 17.1. The molecule has 0 radical (unpaired) electrons. The van der Waals surface area contributed by atoms with Gasteiger partial charge in [0, 0.05) is 6.07 Å². The van der Waals surface area contributed by atoms with Crippen molar-refractivity contribution in [3.63, 3.8) is 0 Å². The van der Waals surface area contributed by atoms with Crippen LogP contribution in [-0.2, 0) is 9.59 Å². The van der Waals surface area contributed by atoms with Crippen molar-refractivity contribution < 1.29 is 24.2 Å². The van der Waals surface area contributed by atoms with E-state index in [9.17, 15) is 9.59 Å². The largest absolute Gasteiger partial charge is 0.497 e. The number of methoxy groups -OCH3 is 1. The SMILES string of the molecule is COc1ccc(OCC(=O)NC(C(=O)O)C(C)C)c(Cl)c1. The molecule has 116 valence electrons. The molecule has 0 aliphatic rings. The minimum atomic E-state index is -1.08. The van der Waals surface area contributed by atoms with Gasteiger partial charge in [-0.3, -0.25) is 4.79 Å². The lowest BCUT2D eigenvalue weighted by Gasteiger charge is -2.18. The van der Waals surface area contributed by atoms with Gasteiger partial charge in [0.1, 0.15) is 17.5 Å². The zero-order valence-corrected chi connectivity index (χ0v) is 12.8. The van der Waals surface area contributed by atoms with E-state index in [0.717, 1.165) is 0 Å². The van der Waals surface area contributed by atoms with Crippen LogP contribution in [0.3, 0.4) is 0 Å². The highest BCUT2D eigenvalue weighted by Gasteiger charge is 2.23. The third-order valence-corrected chi connectivity index (χ3v) is 3.04. The maximum absolute atomic E-state index is 11.7. The summed E-state index contributed by atoms with van der Waals surface area (Å²) in [5, 5.41) is 11.7. The van der Waals surface area contributed by atoms with Gasteiger partial charge in [0.05, 0.1) is 12.1 Å². The Morgan fingerprint density at radius 3 is 2.52 bits per heavy atom. The lowest BCUT2D eigenvalue weighted by molar-refractivity contribution is -0.143. The molecule has 1 aromatic rings. The number of carboxylic acid groups (broad SMARTS) is 1. The molecule has 0 saturated carbocycles. The van der Waals surface area contributed by atoms with Crippen LogP contribution >= 0.6 is 11.6 Å². The van der Waals surface area contributed by atoms with E-state index >= 15 is 0 Å². The second-order valence-corrected chi connectivity index (χ2v) is 5.12. The Labute approximate surface area is 128 Å². The highest BCUT2D eigenvalue weighted by Crippen LogP contribution is 2.28. The normalized spacial score (nSPS) is 11.9. The molecule has 21 heavy (non-hydrogen) atoms. The van der Waals surface area contributed by atoms with Gasteiger partial charge in [-0.15, -0.1) is 0 Å². The summed E-state index contributed by atoms with van der Waals surface area (Å²) < 4.78 is 10.3. The Balaban J connectivity index is 2.59. The van der Waals surface area contributed by atoms with Crippen molar-refractivity contribution >= 4 is 23.5 Å². The predicted octanol–water partition coefficient (Wildman–Crippen LogP) is 1.95. The number of aliphatic carboxylic acids is 1. The Kier molecular flexibility index (Phi) is 6.30. The van der Waals surface area contributed by atoms with E-state index in [1.165, 1.54) is 7.11 Å². The van der Waals surface area contributed by atoms with Crippen LogP contribution in [0.5, 0.6) is 11.5 Å². The molecule has 0 fully saturated rings. The first-order valence-electron chi connectivity index (χ1n) is 6.33. The Morgan fingerprint density at radius 2 is 2.05 bits per heavy atom. The standard InChI is InChI=1S/C14H18ClNO5/c1-8(2)13(14(18)19)16-12(17)7-21-11-5-4-9(20-3)6-10(11)15/h4-6,8,13H,7H2,1-3H3,(H,16,17)(H,18,19). The summed E-state index contributed by atoms with van der Waals surface area (Å²) in [7, 11) is 1.51. The van der Waals surface area contributed by atoms with Crippen LogP contribution in [0.2, 0.25) is 5.02 Å². The fourth-order valence-electron chi connectivity index (χ4n) is 1.60. The number of rotatable bonds is 7. The molecule has 0 aromatic heterocycles. The molecule has 0 aliphatic carbocycles. The van der Waals surface area contributed by atoms with Crippen LogP contribution in [0.1, 0.15) is 13.8 Å². The van der Waals surface area contributed by atoms with Gasteiger partial charge < -0.3 is 19.9 Å².